The van der Waals surface area contributed by atoms with Gasteiger partial charge in [-0.2, -0.15) is 0 Å². The Morgan fingerprint density at radius 3 is 1.70 bits per heavy atom. The smallest absolute Gasteiger partial charge is 0.238 e. The molecular weight excluding hydrogens is 717 g/mol. The van der Waals surface area contributed by atoms with Gasteiger partial charge in [0.25, 0.3) is 0 Å². The molecule has 1 saturated carbocycles. The number of carbonyl (C=O) groups is 4. The number of aromatic hydroxyl groups is 1. The Kier molecular flexibility index (Phi) is 9.16. The van der Waals surface area contributed by atoms with Crippen LogP contribution in [0.15, 0.2) is 145 Å². The number of phenols is 1. The van der Waals surface area contributed by atoms with Crippen LogP contribution in [0, 0.1) is 35.5 Å². The minimum atomic E-state index is -0.707. The highest BCUT2D eigenvalue weighted by Crippen LogP contribution is 2.56. The van der Waals surface area contributed by atoms with Crippen LogP contribution in [0.2, 0.25) is 0 Å². The fourth-order valence-corrected chi connectivity index (χ4v) is 9.13. The Labute approximate surface area is 330 Å². The Morgan fingerprint density at radius 2 is 1.14 bits per heavy atom. The van der Waals surface area contributed by atoms with Crippen molar-refractivity contribution in [1.29, 1.82) is 0 Å². The minimum Gasteiger partial charge on any atom is -0.504 e. The van der Waals surface area contributed by atoms with E-state index in [2.05, 4.69) is 10.6 Å². The molecule has 284 valence electrons. The number of imide groups is 2. The maximum absolute atomic E-state index is 14.5. The van der Waals surface area contributed by atoms with Crippen LogP contribution in [-0.2, 0) is 19.2 Å². The molecule has 0 bridgehead atoms. The molecule has 4 amide bonds. The number of carbonyl (C=O) groups excluding carboxylic acids is 4. The third kappa shape index (κ3) is 6.42. The summed E-state index contributed by atoms with van der Waals surface area (Å²) in [5, 5.41) is 16.9. The molecule has 10 nitrogen and oxygen atoms in total. The van der Waals surface area contributed by atoms with Gasteiger partial charge >= 0.3 is 0 Å². The highest BCUT2D eigenvalue weighted by Gasteiger charge is 2.61. The first kappa shape index (κ1) is 35.7. The molecule has 57 heavy (non-hydrogen) atoms. The third-order valence-electron chi connectivity index (χ3n) is 11.8. The molecule has 2 saturated heterocycles. The van der Waals surface area contributed by atoms with Crippen molar-refractivity contribution in [3.05, 3.63) is 151 Å². The van der Waals surface area contributed by atoms with Gasteiger partial charge in [-0.3, -0.25) is 29.0 Å². The number of hydrogen-bond acceptors (Lipinski definition) is 8. The van der Waals surface area contributed by atoms with E-state index in [0.29, 0.717) is 23.5 Å². The molecule has 10 heteroatoms. The fraction of sp³-hybridized carbons (Fsp3) is 0.191. The summed E-state index contributed by atoms with van der Waals surface area (Å²) < 4.78 is 5.33. The molecule has 3 fully saturated rings. The lowest BCUT2D eigenvalue weighted by molar-refractivity contribution is -0.126. The maximum Gasteiger partial charge on any atom is 0.238 e. The summed E-state index contributed by atoms with van der Waals surface area (Å²) in [6.07, 6.45) is 6.45. The van der Waals surface area contributed by atoms with Gasteiger partial charge in [0, 0.05) is 28.7 Å². The number of rotatable bonds is 9. The van der Waals surface area contributed by atoms with Gasteiger partial charge in [-0.15, -0.1) is 0 Å². The summed E-state index contributed by atoms with van der Waals surface area (Å²) in [6.45, 7) is 0. The number of hydrogen-bond donors (Lipinski definition) is 3. The number of ether oxygens (including phenoxy) is 1. The second-order valence-electron chi connectivity index (χ2n) is 15.0. The molecule has 0 spiro atoms. The summed E-state index contributed by atoms with van der Waals surface area (Å²) >= 11 is 0. The van der Waals surface area contributed by atoms with Gasteiger partial charge in [0.15, 0.2) is 11.5 Å². The largest absolute Gasteiger partial charge is 0.504 e. The van der Waals surface area contributed by atoms with Gasteiger partial charge in [-0.1, -0.05) is 66.3 Å². The van der Waals surface area contributed by atoms with Crippen molar-refractivity contribution in [2.24, 2.45) is 35.5 Å². The van der Waals surface area contributed by atoms with Crippen LogP contribution in [0.25, 0.3) is 6.08 Å². The molecule has 0 unspecified atom stereocenters. The molecular formula is C47H40N4O6. The summed E-state index contributed by atoms with van der Waals surface area (Å²) in [5.41, 5.74) is 6.06. The molecule has 2 aliphatic carbocycles. The van der Waals surface area contributed by atoms with Gasteiger partial charge < -0.3 is 20.5 Å². The van der Waals surface area contributed by atoms with E-state index in [9.17, 15) is 24.3 Å². The molecule has 2 aliphatic heterocycles. The number of fused-ring (bicyclic) bond motifs is 4. The van der Waals surface area contributed by atoms with Crippen LogP contribution in [-0.4, -0.2) is 35.8 Å². The normalized spacial score (nSPS) is 23.9. The molecule has 0 radical (unpaired) electrons. The molecule has 2 heterocycles. The number of benzene rings is 5. The summed E-state index contributed by atoms with van der Waals surface area (Å²) in [7, 11) is 1.48. The van der Waals surface area contributed by atoms with Gasteiger partial charge in [0.2, 0.25) is 23.6 Å². The van der Waals surface area contributed by atoms with Crippen molar-refractivity contribution in [3.8, 4) is 11.5 Å². The number of allylic oxidation sites excluding steroid dienone is 3. The number of nitrogens with one attached hydrogen (secondary N) is 2. The average Bonchev–Trinajstić information content (AvgIpc) is 3.64. The van der Waals surface area contributed by atoms with E-state index in [-0.39, 0.29) is 35.8 Å². The van der Waals surface area contributed by atoms with Crippen molar-refractivity contribution in [2.75, 3.05) is 27.5 Å². The van der Waals surface area contributed by atoms with E-state index in [1.807, 2.05) is 103 Å². The minimum absolute atomic E-state index is 0.00161. The summed E-state index contributed by atoms with van der Waals surface area (Å²) in [6, 6.07) is 38.9. The van der Waals surface area contributed by atoms with Crippen molar-refractivity contribution in [1.82, 2.24) is 0 Å². The molecule has 5 aromatic carbocycles. The number of anilines is 6. The van der Waals surface area contributed by atoms with Crippen LogP contribution < -0.4 is 25.2 Å². The van der Waals surface area contributed by atoms with E-state index in [4.69, 9.17) is 4.74 Å². The molecule has 9 rings (SSSR count). The van der Waals surface area contributed by atoms with Crippen molar-refractivity contribution >= 4 is 63.8 Å². The SMILES string of the molecule is COc1cc(C=C[C@H]2C3=CC[C@@H]4C(=O)N(c5ccc(Nc6ccccc6)cc5)C(=O)[C@@H]4[C@@H]3C[C@H]3C(=O)N(c4ccc(Nc5ccccc5)cc4)C(=O)[C@@H]23)ccc1O. The lowest BCUT2D eigenvalue weighted by Gasteiger charge is -2.42. The standard InChI is InChI=1S/C47H40N4O6/c1-57-41-26-28(13-25-40(41)52)12-22-36-35-23-24-37-43(47(56)50(44(37)53)33-18-14-31(15-19-33)48-29-8-4-2-5-9-29)38(35)27-39-42(36)46(55)51(45(39)54)34-20-16-32(17-21-34)49-30-10-6-3-7-11-30/h2-23,25-26,36-39,42-43,48-49,52H,24,27H2,1H3/t36-,37-,38+,39+,42-,43-/m0/s1. The zero-order valence-corrected chi connectivity index (χ0v) is 31.1. The highest BCUT2D eigenvalue weighted by atomic mass is 16.5. The lowest BCUT2D eigenvalue weighted by atomic mass is 9.58. The predicted molar refractivity (Wildman–Crippen MR) is 219 cm³/mol. The van der Waals surface area contributed by atoms with Crippen LogP contribution in [0.1, 0.15) is 18.4 Å². The summed E-state index contributed by atoms with van der Waals surface area (Å²) in [5.74, 6) is -4.46. The van der Waals surface area contributed by atoms with E-state index in [1.54, 1.807) is 42.5 Å². The number of amides is 4. The Bertz CT molecular complexity index is 2430. The summed E-state index contributed by atoms with van der Waals surface area (Å²) in [4.78, 5) is 60.2. The quantitative estimate of drug-likeness (QED) is 0.101. The fourth-order valence-electron chi connectivity index (χ4n) is 9.13. The molecule has 3 N–H and O–H groups in total. The van der Waals surface area contributed by atoms with Crippen molar-refractivity contribution in [2.45, 2.75) is 12.8 Å². The first-order valence-electron chi connectivity index (χ1n) is 19.1. The lowest BCUT2D eigenvalue weighted by Crippen LogP contribution is -2.43. The zero-order valence-electron chi connectivity index (χ0n) is 31.1. The predicted octanol–water partition coefficient (Wildman–Crippen LogP) is 8.48. The van der Waals surface area contributed by atoms with Crippen LogP contribution >= 0.6 is 0 Å². The van der Waals surface area contributed by atoms with Crippen LogP contribution in [0.5, 0.6) is 11.5 Å². The van der Waals surface area contributed by atoms with Gasteiger partial charge in [-0.25, -0.2) is 0 Å². The van der Waals surface area contributed by atoms with Gasteiger partial charge in [0.1, 0.15) is 0 Å². The highest BCUT2D eigenvalue weighted by molar-refractivity contribution is 6.24. The van der Waals surface area contributed by atoms with Gasteiger partial charge in [0.05, 0.1) is 42.2 Å². The van der Waals surface area contributed by atoms with E-state index in [0.717, 1.165) is 33.9 Å². The second kappa shape index (κ2) is 14.6. The molecule has 5 aromatic rings. The first-order valence-corrected chi connectivity index (χ1v) is 19.1. The van der Waals surface area contributed by atoms with E-state index < -0.39 is 35.5 Å². The van der Waals surface area contributed by atoms with Crippen LogP contribution in [0.4, 0.5) is 34.1 Å². The Morgan fingerprint density at radius 1 is 0.614 bits per heavy atom. The number of para-hydroxylation sites is 2. The van der Waals surface area contributed by atoms with E-state index in [1.165, 1.54) is 16.9 Å². The van der Waals surface area contributed by atoms with E-state index >= 15 is 0 Å². The maximum atomic E-state index is 14.5. The monoisotopic (exact) mass is 756 g/mol. The second-order valence-corrected chi connectivity index (χ2v) is 15.0. The van der Waals surface area contributed by atoms with Crippen molar-refractivity contribution in [3.63, 3.8) is 0 Å². The Balaban J connectivity index is 1.03. The van der Waals surface area contributed by atoms with Gasteiger partial charge in [-0.05, 0) is 109 Å². The first-order chi connectivity index (χ1) is 27.8. The Hall–Kier alpha value is -6.94. The molecule has 0 aromatic heterocycles. The average molecular weight is 757 g/mol. The number of nitrogens with zero attached hydrogens (tertiary/aromatic N) is 2. The van der Waals surface area contributed by atoms with Crippen molar-refractivity contribution < 1.29 is 29.0 Å². The third-order valence-corrected chi connectivity index (χ3v) is 11.8. The number of phenolic OH excluding ortho intramolecular Hbond substituents is 1. The molecule has 4 aliphatic rings. The molecule has 6 atom stereocenters. The topological polar surface area (TPSA) is 128 Å². The number of methoxy groups -OCH3 is 1. The van der Waals surface area contributed by atoms with Crippen LogP contribution in [0.3, 0.4) is 0 Å². The zero-order chi connectivity index (χ0) is 39.2.